The molecule has 0 amide bonds. The molecule has 1 heterocycles. The van der Waals surface area contributed by atoms with Crippen molar-refractivity contribution in [2.45, 2.75) is 20.8 Å². The maximum atomic E-state index is 9.96. The van der Waals surface area contributed by atoms with Crippen molar-refractivity contribution in [3.63, 3.8) is 0 Å². The van der Waals surface area contributed by atoms with E-state index in [0.29, 0.717) is 16.7 Å². The number of fused-ring (bicyclic) bond motifs is 1. The highest BCUT2D eigenvalue weighted by atomic mass is 32.1. The van der Waals surface area contributed by atoms with E-state index in [1.165, 1.54) is 0 Å². The maximum absolute atomic E-state index is 9.96. The van der Waals surface area contributed by atoms with Gasteiger partial charge < -0.3 is 15.7 Å². The number of aromatic nitrogens is 2. The second kappa shape index (κ2) is 7.03. The molecule has 0 aliphatic rings. The molecule has 0 unspecified atom stereocenters. The van der Waals surface area contributed by atoms with Gasteiger partial charge in [0.1, 0.15) is 5.75 Å². The third-order valence-electron chi connectivity index (χ3n) is 3.95. The largest absolute Gasteiger partial charge is 0.507 e. The van der Waals surface area contributed by atoms with Gasteiger partial charge in [-0.3, -0.25) is 4.98 Å². The third kappa shape index (κ3) is 3.69. The Morgan fingerprint density at radius 2 is 1.80 bits per heavy atom. The monoisotopic (exact) mass is 352 g/mol. The van der Waals surface area contributed by atoms with E-state index in [9.17, 15) is 5.11 Å². The van der Waals surface area contributed by atoms with Crippen molar-refractivity contribution >= 4 is 34.2 Å². The van der Waals surface area contributed by atoms with E-state index >= 15 is 0 Å². The molecule has 0 fully saturated rings. The lowest BCUT2D eigenvalue weighted by atomic mass is 9.99. The van der Waals surface area contributed by atoms with E-state index in [1.807, 2.05) is 51.1 Å². The Hall–Kier alpha value is -2.73. The van der Waals surface area contributed by atoms with E-state index < -0.39 is 0 Å². The van der Waals surface area contributed by atoms with Gasteiger partial charge in [0.25, 0.3) is 0 Å². The lowest BCUT2D eigenvalue weighted by molar-refractivity contribution is 0.467. The van der Waals surface area contributed by atoms with Gasteiger partial charge in [-0.15, -0.1) is 0 Å². The predicted molar refractivity (Wildman–Crippen MR) is 106 cm³/mol. The molecule has 0 atom stereocenters. The fraction of sp³-hybridized carbons (Fsp3) is 0.211. The Morgan fingerprint density at radius 1 is 1.08 bits per heavy atom. The molecular formula is C19H20N4OS. The summed E-state index contributed by atoms with van der Waals surface area (Å²) in [5.41, 5.74) is 5.37. The number of nitrogens with zero attached hydrogens (tertiary/aromatic N) is 2. The Labute approximate surface area is 152 Å². The average molecular weight is 352 g/mol. The second-order valence-corrected chi connectivity index (χ2v) is 6.31. The molecule has 3 aromatic rings. The average Bonchev–Trinajstić information content (AvgIpc) is 2.58. The van der Waals surface area contributed by atoms with Crippen molar-refractivity contribution < 1.29 is 5.11 Å². The van der Waals surface area contributed by atoms with Gasteiger partial charge >= 0.3 is 0 Å². The predicted octanol–water partition coefficient (Wildman–Crippen LogP) is 3.93. The number of aromatic hydroxyl groups is 1. The van der Waals surface area contributed by atoms with Gasteiger partial charge in [-0.1, -0.05) is 6.07 Å². The highest BCUT2D eigenvalue weighted by molar-refractivity contribution is 7.80. The molecule has 5 nitrogen and oxygen atoms in total. The van der Waals surface area contributed by atoms with Crippen LogP contribution < -0.4 is 10.6 Å². The van der Waals surface area contributed by atoms with Crippen molar-refractivity contribution in [1.82, 2.24) is 15.3 Å². The van der Waals surface area contributed by atoms with Gasteiger partial charge in [0.2, 0.25) is 0 Å². The number of aryl methyl sites for hydroxylation is 2. The van der Waals surface area contributed by atoms with Crippen LogP contribution in [0.15, 0.2) is 36.5 Å². The molecule has 0 saturated carbocycles. The van der Waals surface area contributed by atoms with Crippen LogP contribution in [0, 0.1) is 13.8 Å². The standard InChI is InChI=1S/C19H20N4OS/c1-4-20-19(25)23-17-10-21-15-6-5-13(9-16(15)22-17)14-7-11(2)18(24)12(3)8-14/h5-10,24H,4H2,1-3H3,(H2,20,22,23,25). The molecule has 0 radical (unpaired) electrons. The summed E-state index contributed by atoms with van der Waals surface area (Å²) in [5, 5.41) is 16.5. The quantitative estimate of drug-likeness (QED) is 0.621. The minimum Gasteiger partial charge on any atom is -0.507 e. The van der Waals surface area contributed by atoms with E-state index in [-0.39, 0.29) is 0 Å². The Balaban J connectivity index is 1.99. The molecule has 3 rings (SSSR count). The fourth-order valence-corrected chi connectivity index (χ4v) is 2.94. The molecular weight excluding hydrogens is 332 g/mol. The van der Waals surface area contributed by atoms with E-state index in [4.69, 9.17) is 12.2 Å². The van der Waals surface area contributed by atoms with Gasteiger partial charge in [0.15, 0.2) is 10.9 Å². The molecule has 0 aliphatic carbocycles. The fourth-order valence-electron chi connectivity index (χ4n) is 2.69. The zero-order valence-electron chi connectivity index (χ0n) is 14.4. The van der Waals surface area contributed by atoms with E-state index in [0.717, 1.165) is 39.8 Å². The highest BCUT2D eigenvalue weighted by Crippen LogP contribution is 2.30. The Bertz CT molecular complexity index is 932. The van der Waals surface area contributed by atoms with Crippen molar-refractivity contribution in [1.29, 1.82) is 0 Å². The first kappa shape index (κ1) is 17.1. The Morgan fingerprint density at radius 3 is 2.48 bits per heavy atom. The lowest BCUT2D eigenvalue weighted by Gasteiger charge is -2.10. The number of phenolic OH excluding ortho intramolecular Hbond substituents is 1. The number of rotatable bonds is 3. The summed E-state index contributed by atoms with van der Waals surface area (Å²) in [6, 6.07) is 9.90. The first-order valence-electron chi connectivity index (χ1n) is 8.10. The second-order valence-electron chi connectivity index (χ2n) is 5.90. The summed E-state index contributed by atoms with van der Waals surface area (Å²) in [7, 11) is 0. The number of benzene rings is 2. The number of anilines is 1. The summed E-state index contributed by atoms with van der Waals surface area (Å²) in [5.74, 6) is 0.946. The van der Waals surface area contributed by atoms with Crippen LogP contribution in [0.4, 0.5) is 5.82 Å². The first-order valence-corrected chi connectivity index (χ1v) is 8.51. The minimum atomic E-state index is 0.341. The summed E-state index contributed by atoms with van der Waals surface area (Å²) < 4.78 is 0. The molecule has 128 valence electrons. The van der Waals surface area contributed by atoms with Gasteiger partial charge in [0, 0.05) is 6.54 Å². The molecule has 6 heteroatoms. The lowest BCUT2D eigenvalue weighted by Crippen LogP contribution is -2.28. The summed E-state index contributed by atoms with van der Waals surface area (Å²) >= 11 is 5.19. The van der Waals surface area contributed by atoms with Crippen LogP contribution in [0.2, 0.25) is 0 Å². The topological polar surface area (TPSA) is 70.1 Å². The molecule has 25 heavy (non-hydrogen) atoms. The van der Waals surface area contributed by atoms with Crippen molar-refractivity contribution in [2.24, 2.45) is 0 Å². The summed E-state index contributed by atoms with van der Waals surface area (Å²) in [6.45, 7) is 6.53. The SMILES string of the molecule is CCNC(=S)Nc1cnc2ccc(-c3cc(C)c(O)c(C)c3)cc2n1. The number of hydrogen-bond acceptors (Lipinski definition) is 4. The van der Waals surface area contributed by atoms with Crippen LogP contribution in [0.3, 0.4) is 0 Å². The van der Waals surface area contributed by atoms with Crippen LogP contribution in [-0.4, -0.2) is 26.7 Å². The summed E-state index contributed by atoms with van der Waals surface area (Å²) in [6.07, 6.45) is 1.67. The molecule has 1 aromatic heterocycles. The first-order chi connectivity index (χ1) is 12.0. The zero-order valence-corrected chi connectivity index (χ0v) is 15.2. The van der Waals surface area contributed by atoms with Crippen LogP contribution in [0.25, 0.3) is 22.2 Å². The van der Waals surface area contributed by atoms with E-state index in [1.54, 1.807) is 6.20 Å². The van der Waals surface area contributed by atoms with E-state index in [2.05, 4.69) is 20.6 Å². The van der Waals surface area contributed by atoms with Gasteiger partial charge in [-0.25, -0.2) is 4.98 Å². The molecule has 0 saturated heterocycles. The minimum absolute atomic E-state index is 0.341. The molecule has 0 aliphatic heterocycles. The van der Waals surface area contributed by atoms with Gasteiger partial charge in [-0.05, 0) is 79.5 Å². The number of thiocarbonyl (C=S) groups is 1. The van der Waals surface area contributed by atoms with Crippen molar-refractivity contribution in [3.05, 3.63) is 47.7 Å². The van der Waals surface area contributed by atoms with Gasteiger partial charge in [-0.2, -0.15) is 0 Å². The number of phenols is 1. The number of nitrogens with one attached hydrogen (secondary N) is 2. The Kier molecular flexibility index (Phi) is 4.81. The van der Waals surface area contributed by atoms with Crippen LogP contribution >= 0.6 is 12.2 Å². The molecule has 0 spiro atoms. The summed E-state index contributed by atoms with van der Waals surface area (Å²) in [4.78, 5) is 9.02. The van der Waals surface area contributed by atoms with Crippen LogP contribution in [0.1, 0.15) is 18.1 Å². The maximum Gasteiger partial charge on any atom is 0.171 e. The van der Waals surface area contributed by atoms with Gasteiger partial charge in [0.05, 0.1) is 17.2 Å². The third-order valence-corrected chi connectivity index (χ3v) is 4.19. The molecule has 0 bridgehead atoms. The molecule has 2 aromatic carbocycles. The highest BCUT2D eigenvalue weighted by Gasteiger charge is 2.08. The number of hydrogen-bond donors (Lipinski definition) is 3. The zero-order chi connectivity index (χ0) is 18.0. The smallest absolute Gasteiger partial charge is 0.171 e. The van der Waals surface area contributed by atoms with Crippen LogP contribution in [-0.2, 0) is 0 Å². The van der Waals surface area contributed by atoms with Crippen molar-refractivity contribution in [3.8, 4) is 16.9 Å². The van der Waals surface area contributed by atoms with Crippen molar-refractivity contribution in [2.75, 3.05) is 11.9 Å². The normalized spacial score (nSPS) is 10.7. The van der Waals surface area contributed by atoms with Crippen LogP contribution in [0.5, 0.6) is 5.75 Å². The molecule has 3 N–H and O–H groups in total.